The fourth-order valence-corrected chi connectivity index (χ4v) is 10.7. The van der Waals surface area contributed by atoms with E-state index in [1.807, 2.05) is 24.3 Å². The second-order valence-electron chi connectivity index (χ2n) is 13.7. The van der Waals surface area contributed by atoms with Gasteiger partial charge in [0, 0.05) is 70.4 Å². The molecule has 3 aliphatic heterocycles. The van der Waals surface area contributed by atoms with Crippen molar-refractivity contribution in [1.82, 2.24) is 14.2 Å². The van der Waals surface area contributed by atoms with Gasteiger partial charge in [-0.1, -0.05) is 11.6 Å². The molecule has 0 bridgehead atoms. The molecule has 44 heavy (non-hydrogen) atoms. The number of pyridine rings is 1. The Labute approximate surface area is 266 Å². The first kappa shape index (κ1) is 30.1. The Morgan fingerprint density at radius 3 is 2.48 bits per heavy atom. The fourth-order valence-electron chi connectivity index (χ4n) is 7.56. The van der Waals surface area contributed by atoms with E-state index < -0.39 is 26.5 Å². The van der Waals surface area contributed by atoms with Crippen molar-refractivity contribution in [3.63, 3.8) is 0 Å². The van der Waals surface area contributed by atoms with E-state index >= 15 is 0 Å². The highest BCUT2D eigenvalue weighted by atomic mass is 35.5. The van der Waals surface area contributed by atoms with E-state index in [1.165, 1.54) is 16.2 Å². The van der Waals surface area contributed by atoms with E-state index in [1.54, 1.807) is 31.3 Å². The second kappa shape index (κ2) is 10.5. The Kier molecular flexibility index (Phi) is 7.16. The van der Waals surface area contributed by atoms with Crippen molar-refractivity contribution in [3.05, 3.63) is 45.9 Å². The second-order valence-corrected chi connectivity index (χ2v) is 17.8. The van der Waals surface area contributed by atoms with E-state index in [9.17, 15) is 22.4 Å². The lowest BCUT2D eigenvalue weighted by atomic mass is 9.73. The Hall–Kier alpha value is -2.60. The van der Waals surface area contributed by atoms with Crippen LogP contribution in [-0.4, -0.2) is 70.0 Å². The van der Waals surface area contributed by atoms with Crippen LogP contribution in [0.25, 0.3) is 21.3 Å². The zero-order chi connectivity index (χ0) is 31.2. The Bertz CT molecular complexity index is 1780. The van der Waals surface area contributed by atoms with Crippen molar-refractivity contribution >= 4 is 60.7 Å². The normalized spacial score (nSPS) is 26.2. The van der Waals surface area contributed by atoms with E-state index in [-0.39, 0.29) is 50.1 Å². The number of thiophene rings is 1. The van der Waals surface area contributed by atoms with Crippen molar-refractivity contribution in [1.29, 1.82) is 0 Å². The summed E-state index contributed by atoms with van der Waals surface area (Å²) in [6, 6.07) is 7.78. The number of benzene rings is 1. The topological polar surface area (TPSA) is 90.9 Å². The molecule has 0 N–H and O–H groups in total. The van der Waals surface area contributed by atoms with Crippen LogP contribution >= 0.6 is 22.9 Å². The number of halogens is 2. The number of imide groups is 1. The van der Waals surface area contributed by atoms with E-state index in [4.69, 9.17) is 11.6 Å². The molecule has 1 unspecified atom stereocenters. The third kappa shape index (κ3) is 4.77. The minimum Gasteiger partial charge on any atom is -0.366 e. The number of carbonyl (C=O) groups is 2. The number of rotatable bonds is 5. The summed E-state index contributed by atoms with van der Waals surface area (Å²) in [5.74, 6) is -0.301. The number of anilines is 1. The Balaban J connectivity index is 1.30. The monoisotopic (exact) mass is 658 g/mol. The summed E-state index contributed by atoms with van der Waals surface area (Å²) in [5.41, 5.74) is 4.14. The van der Waals surface area contributed by atoms with Crippen LogP contribution in [0.4, 0.5) is 10.1 Å². The average molecular weight is 659 g/mol. The molecule has 1 aliphatic carbocycles. The maximum atomic E-state index is 14.4. The molecule has 1 spiro atoms. The summed E-state index contributed by atoms with van der Waals surface area (Å²) in [7, 11) is -3.67. The maximum absolute atomic E-state index is 14.4. The van der Waals surface area contributed by atoms with Gasteiger partial charge in [0.2, 0.25) is 21.8 Å². The molecule has 8 nitrogen and oxygen atoms in total. The van der Waals surface area contributed by atoms with Gasteiger partial charge in [-0.2, -0.15) is 4.31 Å². The summed E-state index contributed by atoms with van der Waals surface area (Å²) in [6.45, 7) is 6.45. The van der Waals surface area contributed by atoms with Crippen LogP contribution < -0.4 is 4.90 Å². The largest absolute Gasteiger partial charge is 0.366 e. The molecule has 5 heterocycles. The molecule has 2 amide bonds. The standard InChI is InChI=1S/C32H36ClFN4O4S2/c1-31(2,3)44(41,42)38-17-22(16-32(38)14-21(34)15-32)36-10-4-5-19-11-20(33)12-25(29(19)36)24-8-9-35-26-13-23(43-30(24)26)18-37-27(39)6-7-28(37)40/h8-9,11-13,21-22H,4-7,10,14-18H2,1-3H3. The summed E-state index contributed by atoms with van der Waals surface area (Å²) < 4.78 is 43.6. The van der Waals surface area contributed by atoms with Crippen molar-refractivity contribution in [2.24, 2.45) is 0 Å². The number of hydrogen-bond donors (Lipinski definition) is 0. The molecule has 12 heteroatoms. The van der Waals surface area contributed by atoms with Gasteiger partial charge in [0.1, 0.15) is 6.17 Å². The number of hydrogen-bond acceptors (Lipinski definition) is 7. The number of carbonyl (C=O) groups excluding carboxylic acids is 2. The van der Waals surface area contributed by atoms with Gasteiger partial charge >= 0.3 is 0 Å². The molecule has 3 aromatic rings. The first-order valence-corrected chi connectivity index (χ1v) is 17.9. The number of aromatic nitrogens is 1. The number of likely N-dealkylation sites (tertiary alicyclic amines) is 1. The highest BCUT2D eigenvalue weighted by molar-refractivity contribution is 7.90. The van der Waals surface area contributed by atoms with Gasteiger partial charge in [0.25, 0.3) is 0 Å². The summed E-state index contributed by atoms with van der Waals surface area (Å²) in [6.07, 6.45) is 4.07. The lowest BCUT2D eigenvalue weighted by Crippen LogP contribution is -2.59. The summed E-state index contributed by atoms with van der Waals surface area (Å²) in [5, 5.41) is 0.620. The van der Waals surface area contributed by atoms with Gasteiger partial charge in [-0.3, -0.25) is 19.5 Å². The van der Waals surface area contributed by atoms with Crippen LogP contribution in [0.15, 0.2) is 30.5 Å². The van der Waals surface area contributed by atoms with E-state index in [2.05, 4.69) is 9.88 Å². The molecule has 3 fully saturated rings. The number of sulfonamides is 1. The first-order valence-electron chi connectivity index (χ1n) is 15.2. The van der Waals surface area contributed by atoms with Gasteiger partial charge in [0.05, 0.1) is 21.5 Å². The fraction of sp³-hybridized carbons (Fsp3) is 0.531. The molecule has 1 atom stereocenters. The summed E-state index contributed by atoms with van der Waals surface area (Å²) in [4.78, 5) is 33.7. The zero-order valence-corrected chi connectivity index (χ0v) is 27.5. The molecule has 1 saturated carbocycles. The van der Waals surface area contributed by atoms with Crippen molar-refractivity contribution < 1.29 is 22.4 Å². The lowest BCUT2D eigenvalue weighted by Gasteiger charge is -2.48. The highest BCUT2D eigenvalue weighted by Gasteiger charge is 2.61. The number of aryl methyl sites for hydroxylation is 1. The van der Waals surface area contributed by atoms with Crippen molar-refractivity contribution in [2.75, 3.05) is 18.0 Å². The van der Waals surface area contributed by atoms with Crippen molar-refractivity contribution in [3.8, 4) is 11.1 Å². The van der Waals surface area contributed by atoms with E-state index in [0.717, 1.165) is 56.9 Å². The number of nitrogens with zero attached hydrogens (tertiary/aromatic N) is 4. The predicted octanol–water partition coefficient (Wildman–Crippen LogP) is 6.09. The molecular formula is C32H36ClFN4O4S2. The number of fused-ring (bicyclic) bond motifs is 2. The van der Waals surface area contributed by atoms with Crippen LogP contribution in [0.3, 0.4) is 0 Å². The van der Waals surface area contributed by atoms with Crippen LogP contribution in [0.2, 0.25) is 5.02 Å². The quantitative estimate of drug-likeness (QED) is 0.308. The van der Waals surface area contributed by atoms with Gasteiger partial charge in [0.15, 0.2) is 0 Å². The minimum absolute atomic E-state index is 0.109. The smallest absolute Gasteiger partial charge is 0.230 e. The Morgan fingerprint density at radius 2 is 1.80 bits per heavy atom. The molecule has 7 rings (SSSR count). The predicted molar refractivity (Wildman–Crippen MR) is 171 cm³/mol. The molecule has 2 saturated heterocycles. The van der Waals surface area contributed by atoms with Gasteiger partial charge in [-0.05, 0) is 82.7 Å². The molecule has 1 aromatic carbocycles. The molecule has 4 aliphatic rings. The minimum atomic E-state index is -3.67. The molecular weight excluding hydrogens is 623 g/mol. The molecule has 2 aromatic heterocycles. The van der Waals surface area contributed by atoms with Crippen LogP contribution in [0.5, 0.6) is 0 Å². The number of alkyl halides is 1. The Morgan fingerprint density at radius 1 is 1.07 bits per heavy atom. The van der Waals surface area contributed by atoms with Crippen LogP contribution in [0, 0.1) is 0 Å². The molecule has 0 radical (unpaired) electrons. The maximum Gasteiger partial charge on any atom is 0.230 e. The zero-order valence-electron chi connectivity index (χ0n) is 25.1. The molecule has 234 valence electrons. The van der Waals surface area contributed by atoms with Gasteiger partial charge < -0.3 is 4.90 Å². The lowest BCUT2D eigenvalue weighted by molar-refractivity contribution is -0.138. The number of amides is 2. The third-order valence-corrected chi connectivity index (χ3v) is 13.8. The van der Waals surface area contributed by atoms with Crippen molar-refractivity contribution in [2.45, 2.75) is 94.8 Å². The SMILES string of the molecule is CC(C)(C)S(=O)(=O)N1CC(N2CCCc3cc(Cl)cc(-c4ccnc5cc(CN6C(=O)CCC6=O)sc45)c32)CC12CC(F)C2. The van der Waals surface area contributed by atoms with E-state index in [0.29, 0.717) is 18.0 Å². The van der Waals surface area contributed by atoms with Crippen LogP contribution in [-0.2, 0) is 32.6 Å². The summed E-state index contributed by atoms with van der Waals surface area (Å²) >= 11 is 8.24. The third-order valence-electron chi connectivity index (χ3n) is 9.74. The van der Waals surface area contributed by atoms with Gasteiger partial charge in [-0.15, -0.1) is 11.3 Å². The highest BCUT2D eigenvalue weighted by Crippen LogP contribution is 2.53. The van der Waals surface area contributed by atoms with Crippen LogP contribution in [0.1, 0.15) is 69.7 Å². The first-order chi connectivity index (χ1) is 20.8. The average Bonchev–Trinajstić information content (AvgIpc) is 3.63. The van der Waals surface area contributed by atoms with Gasteiger partial charge in [-0.25, -0.2) is 12.8 Å².